The van der Waals surface area contributed by atoms with Crippen LogP contribution in [-0.4, -0.2) is 6.85 Å². The van der Waals surface area contributed by atoms with Gasteiger partial charge in [0.25, 0.3) is 0 Å². The number of nitrogens with zero attached hydrogens (tertiary/aromatic N) is 2. The van der Waals surface area contributed by atoms with Crippen molar-refractivity contribution in [2.24, 2.45) is 0 Å². The predicted octanol–water partition coefficient (Wildman–Crippen LogP) is 16.1. The molecule has 0 bridgehead atoms. The number of para-hydroxylation sites is 2. The second-order valence-electron chi connectivity index (χ2n) is 22.6. The number of thiophene rings is 1. The van der Waals surface area contributed by atoms with E-state index in [0.717, 1.165) is 6.42 Å². The number of rotatable bonds is 3. The summed E-state index contributed by atoms with van der Waals surface area (Å²) in [5.74, 6) is 0. The first-order valence-electron chi connectivity index (χ1n) is 25.3. The van der Waals surface area contributed by atoms with Crippen molar-refractivity contribution in [3.8, 4) is 22.3 Å². The van der Waals surface area contributed by atoms with Crippen molar-refractivity contribution in [1.82, 2.24) is 0 Å². The molecule has 0 radical (unpaired) electrons. The van der Waals surface area contributed by atoms with Gasteiger partial charge in [-0.05, 0) is 138 Å². The molecular formula is C66H53BN2S. The quantitative estimate of drug-likeness (QED) is 0.163. The first kappa shape index (κ1) is 40.7. The lowest BCUT2D eigenvalue weighted by Crippen LogP contribution is -2.63. The van der Waals surface area contributed by atoms with Crippen molar-refractivity contribution in [3.63, 3.8) is 0 Å². The zero-order valence-corrected chi connectivity index (χ0v) is 41.5. The van der Waals surface area contributed by atoms with E-state index in [-0.39, 0.29) is 23.1 Å². The third-order valence-electron chi connectivity index (χ3n) is 17.7. The third kappa shape index (κ3) is 5.05. The van der Waals surface area contributed by atoms with Crippen molar-refractivity contribution < 1.29 is 0 Å². The fraction of sp³-hybridized carbons (Fsp3) is 0.182. The second kappa shape index (κ2) is 13.8. The highest BCUT2D eigenvalue weighted by atomic mass is 32.1. The van der Waals surface area contributed by atoms with E-state index < -0.39 is 5.41 Å². The number of anilines is 5. The molecule has 4 heteroatoms. The van der Waals surface area contributed by atoms with Crippen LogP contribution < -0.4 is 20.6 Å². The van der Waals surface area contributed by atoms with E-state index in [9.17, 15) is 0 Å². The van der Waals surface area contributed by atoms with Gasteiger partial charge >= 0.3 is 6.85 Å². The zero-order valence-electron chi connectivity index (χ0n) is 40.7. The summed E-state index contributed by atoms with van der Waals surface area (Å²) in [5.41, 5.74) is 24.8. The molecule has 0 saturated carbocycles. The van der Waals surface area contributed by atoms with Crippen molar-refractivity contribution in [3.05, 3.63) is 233 Å². The lowest BCUT2D eigenvalue weighted by Gasteiger charge is -2.52. The Labute approximate surface area is 416 Å². The van der Waals surface area contributed by atoms with Gasteiger partial charge < -0.3 is 9.71 Å². The minimum Gasteiger partial charge on any atom is -0.376 e. The van der Waals surface area contributed by atoms with Crippen molar-refractivity contribution in [2.45, 2.75) is 76.0 Å². The fourth-order valence-corrected chi connectivity index (χ4v) is 15.5. The van der Waals surface area contributed by atoms with Gasteiger partial charge in [-0.15, -0.1) is 11.3 Å². The van der Waals surface area contributed by atoms with E-state index in [4.69, 9.17) is 0 Å². The summed E-state index contributed by atoms with van der Waals surface area (Å²) >= 11 is 1.93. The van der Waals surface area contributed by atoms with Gasteiger partial charge in [0.15, 0.2) is 0 Å². The first-order valence-corrected chi connectivity index (χ1v) is 26.2. The maximum atomic E-state index is 2.80. The molecule has 0 spiro atoms. The Morgan fingerprint density at radius 1 is 0.457 bits per heavy atom. The molecule has 0 saturated heterocycles. The Balaban J connectivity index is 1.14. The SMILES string of the molecule is CC1(C)CCC(C)(C)c2cc(N3B4c5cccc6c5N(c5ccccc5C6(c5ccccc5)c5ccccc5)c5cc6c(c(c54)-c4cc5sc7ccccc7c5cc43)C(C)(C)c3ccccc3-6)ccc21. The molecule has 0 unspecified atom stereocenters. The van der Waals surface area contributed by atoms with Gasteiger partial charge in [-0.2, -0.15) is 0 Å². The largest absolute Gasteiger partial charge is 0.376 e. The molecular weight excluding hydrogens is 864 g/mol. The standard InChI is InChI=1S/C66H53BN2S/c1-63(2)34-35-64(3,4)52-36-42(32-33-49(52)63)69-55-37-45-44-25-14-18-31-57(44)70-58(45)39-47(55)59-60-46(43-24-13-15-26-48(43)65(60,5)6)38-56-61(59)67(69)53-29-19-28-51-62(53)68(56)54-30-17-16-27-50(54)66(51,40-20-9-7-10-21-40)41-22-11-8-12-23-41/h7-33,36-39H,34-35H2,1-6H3. The van der Waals surface area contributed by atoms with Gasteiger partial charge in [0.05, 0.1) is 11.1 Å². The van der Waals surface area contributed by atoms with Crippen LogP contribution in [0.15, 0.2) is 188 Å². The lowest BCUT2D eigenvalue weighted by atomic mass is 9.41. The summed E-state index contributed by atoms with van der Waals surface area (Å²) in [6.07, 6.45) is 2.34. The molecule has 3 aliphatic heterocycles. The number of hydrogen-bond donors (Lipinski definition) is 0. The van der Waals surface area contributed by atoms with E-state index >= 15 is 0 Å². The van der Waals surface area contributed by atoms with Crippen LogP contribution in [0.2, 0.25) is 0 Å². The molecule has 336 valence electrons. The summed E-state index contributed by atoms with van der Waals surface area (Å²) in [6, 6.07) is 72.9. The Morgan fingerprint density at radius 3 is 1.89 bits per heavy atom. The van der Waals surface area contributed by atoms with Crippen LogP contribution in [-0.2, 0) is 21.7 Å². The highest BCUT2D eigenvalue weighted by molar-refractivity contribution is 7.25. The number of hydrogen-bond acceptors (Lipinski definition) is 3. The zero-order chi connectivity index (χ0) is 47.1. The minimum atomic E-state index is -0.590. The van der Waals surface area contributed by atoms with Crippen LogP contribution in [0.3, 0.4) is 0 Å². The van der Waals surface area contributed by atoms with Crippen molar-refractivity contribution >= 4 is 77.7 Å². The van der Waals surface area contributed by atoms with Crippen LogP contribution in [0, 0.1) is 0 Å². The van der Waals surface area contributed by atoms with E-state index in [1.165, 1.54) is 133 Å². The van der Waals surface area contributed by atoms with Gasteiger partial charge in [0.2, 0.25) is 0 Å². The monoisotopic (exact) mass is 916 g/mol. The van der Waals surface area contributed by atoms with Crippen LogP contribution in [0.4, 0.5) is 28.4 Å². The van der Waals surface area contributed by atoms with Gasteiger partial charge in [0.1, 0.15) is 0 Å². The summed E-state index contributed by atoms with van der Waals surface area (Å²) < 4.78 is 2.67. The van der Waals surface area contributed by atoms with E-state index in [1.54, 1.807) is 0 Å². The highest BCUT2D eigenvalue weighted by Gasteiger charge is 2.55. The molecule has 2 nitrogen and oxygen atoms in total. The molecule has 10 aromatic rings. The molecule has 4 heterocycles. The fourth-order valence-electron chi connectivity index (χ4n) is 14.4. The van der Waals surface area contributed by atoms with Crippen molar-refractivity contribution in [1.29, 1.82) is 0 Å². The van der Waals surface area contributed by atoms with Crippen LogP contribution in [0.5, 0.6) is 0 Å². The van der Waals surface area contributed by atoms with E-state index in [1.807, 2.05) is 11.3 Å². The number of benzene rings is 9. The number of fused-ring (bicyclic) bond motifs is 14. The van der Waals surface area contributed by atoms with Crippen LogP contribution in [0.25, 0.3) is 42.4 Å². The molecule has 70 heavy (non-hydrogen) atoms. The van der Waals surface area contributed by atoms with Gasteiger partial charge in [0, 0.05) is 53.9 Å². The normalized spacial score (nSPS) is 17.5. The van der Waals surface area contributed by atoms with Gasteiger partial charge in [-0.25, -0.2) is 0 Å². The highest BCUT2D eigenvalue weighted by Crippen LogP contribution is 2.63. The molecule has 5 aliphatic rings. The van der Waals surface area contributed by atoms with Gasteiger partial charge in [-0.1, -0.05) is 187 Å². The Morgan fingerprint density at radius 2 is 1.11 bits per heavy atom. The summed E-state index contributed by atoms with van der Waals surface area (Å²) in [7, 11) is 0. The molecule has 0 amide bonds. The smallest absolute Gasteiger partial charge is 0.333 e. The topological polar surface area (TPSA) is 6.48 Å². The third-order valence-corrected chi connectivity index (χ3v) is 18.9. The molecule has 1 aromatic heterocycles. The van der Waals surface area contributed by atoms with E-state index in [0.29, 0.717) is 0 Å². The van der Waals surface area contributed by atoms with Gasteiger partial charge in [-0.3, -0.25) is 0 Å². The minimum absolute atomic E-state index is 0.0383. The maximum Gasteiger partial charge on any atom is 0.333 e. The molecule has 0 N–H and O–H groups in total. The Hall–Kier alpha value is -7.14. The second-order valence-corrected chi connectivity index (χ2v) is 23.7. The molecule has 0 atom stereocenters. The summed E-state index contributed by atoms with van der Waals surface area (Å²) in [4.78, 5) is 5.50. The summed E-state index contributed by atoms with van der Waals surface area (Å²) in [5, 5.41) is 2.66. The first-order chi connectivity index (χ1) is 34.0. The van der Waals surface area contributed by atoms with Crippen LogP contribution in [0.1, 0.15) is 98.9 Å². The van der Waals surface area contributed by atoms with Crippen LogP contribution >= 0.6 is 11.3 Å². The molecule has 15 rings (SSSR count). The van der Waals surface area contributed by atoms with E-state index in [2.05, 4.69) is 239 Å². The molecule has 0 fully saturated rings. The Kier molecular flexibility index (Phi) is 8.03. The Bertz CT molecular complexity index is 3860. The predicted molar refractivity (Wildman–Crippen MR) is 298 cm³/mol. The maximum absolute atomic E-state index is 2.80. The van der Waals surface area contributed by atoms with Crippen molar-refractivity contribution in [2.75, 3.05) is 9.71 Å². The average molecular weight is 917 g/mol. The summed E-state index contributed by atoms with van der Waals surface area (Å²) in [6.45, 7) is 14.7. The lowest BCUT2D eigenvalue weighted by molar-refractivity contribution is 0.332. The average Bonchev–Trinajstić information content (AvgIpc) is 3.86. The molecule has 2 aliphatic carbocycles. The molecule has 9 aromatic carbocycles.